The van der Waals surface area contributed by atoms with Gasteiger partial charge >= 0.3 is 0 Å². The number of aryl methyl sites for hydroxylation is 1. The summed E-state index contributed by atoms with van der Waals surface area (Å²) >= 11 is 0. The molecule has 100 valence electrons. The number of nitrogens with one attached hydrogen (secondary N) is 2. The number of nitrogens with two attached hydrogens (primary N) is 1. The lowest BCUT2D eigenvalue weighted by Crippen LogP contribution is -2.13. The molecule has 2 rings (SSSR count). The number of hydrazine groups is 1. The maximum absolute atomic E-state index is 5.40. The third-order valence-electron chi connectivity index (χ3n) is 3.57. The van der Waals surface area contributed by atoms with Crippen molar-refractivity contribution in [2.24, 2.45) is 11.8 Å². The third kappa shape index (κ3) is 3.57. The molecule has 0 atom stereocenters. The summed E-state index contributed by atoms with van der Waals surface area (Å²) in [6.45, 7) is 3.02. The number of rotatable bonds is 6. The molecule has 1 aromatic heterocycles. The zero-order valence-corrected chi connectivity index (χ0v) is 11.1. The van der Waals surface area contributed by atoms with Crippen molar-refractivity contribution >= 4 is 11.6 Å². The molecule has 1 saturated carbocycles. The van der Waals surface area contributed by atoms with Gasteiger partial charge in [-0.3, -0.25) is 0 Å². The third-order valence-corrected chi connectivity index (χ3v) is 3.57. The van der Waals surface area contributed by atoms with E-state index in [4.69, 9.17) is 5.84 Å². The molecule has 0 spiro atoms. The van der Waals surface area contributed by atoms with Crippen LogP contribution in [0.15, 0.2) is 6.07 Å². The van der Waals surface area contributed by atoms with E-state index in [1.807, 2.05) is 13.0 Å². The number of hydrogen-bond donors (Lipinski definition) is 3. The van der Waals surface area contributed by atoms with Crippen molar-refractivity contribution in [2.75, 3.05) is 17.3 Å². The van der Waals surface area contributed by atoms with Crippen LogP contribution < -0.4 is 16.6 Å². The Morgan fingerprint density at radius 1 is 1.28 bits per heavy atom. The predicted octanol–water partition coefficient (Wildman–Crippen LogP) is 2.32. The van der Waals surface area contributed by atoms with Crippen molar-refractivity contribution in [3.63, 3.8) is 0 Å². The smallest absolute Gasteiger partial charge is 0.145 e. The highest BCUT2D eigenvalue weighted by atomic mass is 15.3. The van der Waals surface area contributed by atoms with Crippen molar-refractivity contribution in [1.82, 2.24) is 9.97 Å². The SMILES string of the molecule is CCc1nc(NN)cc(NCCC2CCCC2)n1. The van der Waals surface area contributed by atoms with Gasteiger partial charge in [-0.1, -0.05) is 32.6 Å². The molecule has 4 N–H and O–H groups in total. The van der Waals surface area contributed by atoms with Gasteiger partial charge in [-0.05, 0) is 12.3 Å². The second kappa shape index (κ2) is 6.54. The van der Waals surface area contributed by atoms with Gasteiger partial charge in [0, 0.05) is 19.0 Å². The van der Waals surface area contributed by atoms with Crippen LogP contribution in [0, 0.1) is 5.92 Å². The lowest BCUT2D eigenvalue weighted by atomic mass is 10.0. The van der Waals surface area contributed by atoms with Crippen LogP contribution >= 0.6 is 0 Å². The standard InChI is InChI=1S/C13H23N5/c1-2-11-16-12(9-13(17-11)18-14)15-8-7-10-5-3-4-6-10/h9-10H,2-8,14H2,1H3,(H2,15,16,17,18). The van der Waals surface area contributed by atoms with Crippen LogP contribution in [-0.2, 0) is 6.42 Å². The first-order valence-electron chi connectivity index (χ1n) is 6.90. The van der Waals surface area contributed by atoms with Crippen LogP contribution in [0.2, 0.25) is 0 Å². The first kappa shape index (κ1) is 13.1. The first-order chi connectivity index (χ1) is 8.81. The van der Waals surface area contributed by atoms with E-state index in [2.05, 4.69) is 20.7 Å². The molecule has 0 radical (unpaired) electrons. The molecule has 0 bridgehead atoms. The molecule has 1 fully saturated rings. The van der Waals surface area contributed by atoms with Gasteiger partial charge in [0.1, 0.15) is 17.5 Å². The summed E-state index contributed by atoms with van der Waals surface area (Å²) in [5, 5.41) is 3.37. The van der Waals surface area contributed by atoms with Crippen LogP contribution in [0.3, 0.4) is 0 Å². The van der Waals surface area contributed by atoms with Crippen molar-refractivity contribution in [1.29, 1.82) is 0 Å². The Bertz CT molecular complexity index is 351. The average Bonchev–Trinajstić information content (AvgIpc) is 2.91. The van der Waals surface area contributed by atoms with Crippen molar-refractivity contribution in [3.05, 3.63) is 11.9 Å². The van der Waals surface area contributed by atoms with Crippen LogP contribution in [0.4, 0.5) is 11.6 Å². The largest absolute Gasteiger partial charge is 0.370 e. The molecule has 1 aromatic rings. The number of hydrogen-bond acceptors (Lipinski definition) is 5. The fourth-order valence-corrected chi connectivity index (χ4v) is 2.52. The Balaban J connectivity index is 1.87. The lowest BCUT2D eigenvalue weighted by molar-refractivity contribution is 0.518. The van der Waals surface area contributed by atoms with Gasteiger partial charge in [-0.25, -0.2) is 15.8 Å². The number of nitrogen functional groups attached to an aromatic ring is 1. The first-order valence-corrected chi connectivity index (χ1v) is 6.90. The zero-order valence-electron chi connectivity index (χ0n) is 11.1. The Morgan fingerprint density at radius 2 is 2.00 bits per heavy atom. The maximum atomic E-state index is 5.40. The molecular formula is C13H23N5. The summed E-state index contributed by atoms with van der Waals surface area (Å²) in [6, 6.07) is 1.85. The van der Waals surface area contributed by atoms with E-state index in [1.165, 1.54) is 32.1 Å². The number of nitrogens with zero attached hydrogens (tertiary/aromatic N) is 2. The molecule has 0 amide bonds. The van der Waals surface area contributed by atoms with Crippen LogP contribution in [0.25, 0.3) is 0 Å². The van der Waals surface area contributed by atoms with Crippen molar-refractivity contribution in [2.45, 2.75) is 45.4 Å². The second-order valence-corrected chi connectivity index (χ2v) is 4.92. The van der Waals surface area contributed by atoms with E-state index >= 15 is 0 Å². The highest BCUT2D eigenvalue weighted by Gasteiger charge is 2.14. The molecule has 1 aliphatic rings. The summed E-state index contributed by atoms with van der Waals surface area (Å²) in [5.41, 5.74) is 2.58. The molecule has 0 aromatic carbocycles. The molecule has 1 heterocycles. The minimum atomic E-state index is 0.671. The number of aromatic nitrogens is 2. The fraction of sp³-hybridized carbons (Fsp3) is 0.692. The minimum Gasteiger partial charge on any atom is -0.370 e. The van der Waals surface area contributed by atoms with E-state index in [9.17, 15) is 0 Å². The molecule has 5 nitrogen and oxygen atoms in total. The van der Waals surface area contributed by atoms with Crippen molar-refractivity contribution < 1.29 is 0 Å². The van der Waals surface area contributed by atoms with Gasteiger partial charge < -0.3 is 10.7 Å². The fourth-order valence-electron chi connectivity index (χ4n) is 2.52. The van der Waals surface area contributed by atoms with Gasteiger partial charge in [-0.15, -0.1) is 0 Å². The molecular weight excluding hydrogens is 226 g/mol. The van der Waals surface area contributed by atoms with Gasteiger partial charge in [0.2, 0.25) is 0 Å². The van der Waals surface area contributed by atoms with E-state index in [0.717, 1.165) is 30.5 Å². The van der Waals surface area contributed by atoms with Gasteiger partial charge in [0.15, 0.2) is 0 Å². The van der Waals surface area contributed by atoms with Crippen LogP contribution in [-0.4, -0.2) is 16.5 Å². The van der Waals surface area contributed by atoms with Crippen LogP contribution in [0.5, 0.6) is 0 Å². The van der Waals surface area contributed by atoms with E-state index in [-0.39, 0.29) is 0 Å². The molecule has 0 saturated heterocycles. The summed E-state index contributed by atoms with van der Waals surface area (Å²) < 4.78 is 0. The quantitative estimate of drug-likeness (QED) is 0.533. The molecule has 18 heavy (non-hydrogen) atoms. The zero-order chi connectivity index (χ0) is 12.8. The topological polar surface area (TPSA) is 75.9 Å². The van der Waals surface area contributed by atoms with Gasteiger partial charge in [0.25, 0.3) is 0 Å². The lowest BCUT2D eigenvalue weighted by Gasteiger charge is -2.11. The molecule has 1 aliphatic carbocycles. The van der Waals surface area contributed by atoms with Gasteiger partial charge in [-0.2, -0.15) is 0 Å². The minimum absolute atomic E-state index is 0.671. The van der Waals surface area contributed by atoms with Crippen molar-refractivity contribution in [3.8, 4) is 0 Å². The highest BCUT2D eigenvalue weighted by molar-refractivity contribution is 5.46. The Kier molecular flexibility index (Phi) is 4.75. The Hall–Kier alpha value is -1.36. The van der Waals surface area contributed by atoms with Gasteiger partial charge in [0.05, 0.1) is 0 Å². The van der Waals surface area contributed by atoms with E-state index in [1.54, 1.807) is 0 Å². The maximum Gasteiger partial charge on any atom is 0.145 e. The summed E-state index contributed by atoms with van der Waals surface area (Å²) in [4.78, 5) is 8.71. The second-order valence-electron chi connectivity index (χ2n) is 4.92. The normalized spacial score (nSPS) is 15.9. The highest BCUT2D eigenvalue weighted by Crippen LogP contribution is 2.27. The summed E-state index contributed by atoms with van der Waals surface area (Å²) in [7, 11) is 0. The predicted molar refractivity (Wildman–Crippen MR) is 74.3 cm³/mol. The van der Waals surface area contributed by atoms with Crippen LogP contribution in [0.1, 0.15) is 44.9 Å². The van der Waals surface area contributed by atoms with E-state index < -0.39 is 0 Å². The summed E-state index contributed by atoms with van der Waals surface area (Å²) in [5.74, 6) is 8.66. The molecule has 5 heteroatoms. The molecule has 0 aliphatic heterocycles. The Morgan fingerprint density at radius 3 is 2.67 bits per heavy atom. The monoisotopic (exact) mass is 249 g/mol. The number of anilines is 2. The molecule has 0 unspecified atom stereocenters. The van der Waals surface area contributed by atoms with E-state index in [0.29, 0.717) is 5.82 Å². The Labute approximate surface area is 109 Å². The average molecular weight is 249 g/mol. The summed E-state index contributed by atoms with van der Waals surface area (Å²) in [6.07, 6.45) is 7.63.